The molecule has 0 aliphatic heterocycles. The molecule has 6 heteroatoms. The zero-order chi connectivity index (χ0) is 20.4. The van der Waals surface area contributed by atoms with Gasteiger partial charge in [0.2, 0.25) is 5.88 Å². The molecule has 2 N–H and O–H groups in total. The Morgan fingerprint density at radius 1 is 1.03 bits per heavy atom. The van der Waals surface area contributed by atoms with Crippen LogP contribution in [-0.4, -0.2) is 20.9 Å². The molecule has 0 saturated heterocycles. The summed E-state index contributed by atoms with van der Waals surface area (Å²) < 4.78 is 1.20. The van der Waals surface area contributed by atoms with E-state index < -0.39 is 0 Å². The Labute approximate surface area is 167 Å². The van der Waals surface area contributed by atoms with Crippen LogP contribution in [0.1, 0.15) is 16.7 Å². The van der Waals surface area contributed by atoms with Gasteiger partial charge in [-0.15, -0.1) is 0 Å². The van der Waals surface area contributed by atoms with Crippen molar-refractivity contribution in [1.29, 1.82) is 0 Å². The third-order valence-electron chi connectivity index (χ3n) is 4.75. The fourth-order valence-electron chi connectivity index (χ4n) is 3.21. The number of nitrogens with zero attached hydrogens (tertiary/aromatic N) is 3. The standard InChI is InChI=1S/C23H20N4O2/c1-15-10-11-16(2)20(13-15)26-25-14-19-17-7-3-4-8-18(17)22(28)27(23(19)29)21-9-5-6-12-24-21/h3-14,26,29H,1-2H3/b25-14+. The minimum absolute atomic E-state index is 0.209. The van der Waals surface area contributed by atoms with Crippen LogP contribution in [-0.2, 0) is 0 Å². The van der Waals surface area contributed by atoms with Crippen LogP contribution >= 0.6 is 0 Å². The molecule has 0 bridgehead atoms. The van der Waals surface area contributed by atoms with Gasteiger partial charge in [0, 0.05) is 17.0 Å². The lowest BCUT2D eigenvalue weighted by molar-refractivity contribution is 0.435. The third-order valence-corrected chi connectivity index (χ3v) is 4.75. The summed E-state index contributed by atoms with van der Waals surface area (Å²) in [6.07, 6.45) is 3.10. The van der Waals surface area contributed by atoms with Crippen LogP contribution in [0.15, 0.2) is 76.8 Å². The monoisotopic (exact) mass is 384 g/mol. The summed E-state index contributed by atoms with van der Waals surface area (Å²) in [7, 11) is 0. The van der Waals surface area contributed by atoms with Crippen molar-refractivity contribution >= 4 is 22.7 Å². The zero-order valence-electron chi connectivity index (χ0n) is 16.1. The van der Waals surface area contributed by atoms with Gasteiger partial charge in [-0.1, -0.05) is 36.4 Å². The highest BCUT2D eigenvalue weighted by Crippen LogP contribution is 2.25. The molecule has 144 valence electrons. The van der Waals surface area contributed by atoms with Crippen LogP contribution in [0, 0.1) is 13.8 Å². The van der Waals surface area contributed by atoms with Crippen molar-refractivity contribution < 1.29 is 5.11 Å². The van der Waals surface area contributed by atoms with E-state index in [-0.39, 0.29) is 11.4 Å². The van der Waals surface area contributed by atoms with E-state index >= 15 is 0 Å². The predicted octanol–water partition coefficient (Wildman–Crippen LogP) is 4.15. The van der Waals surface area contributed by atoms with E-state index in [1.165, 1.54) is 10.8 Å². The van der Waals surface area contributed by atoms with E-state index in [0.29, 0.717) is 22.2 Å². The van der Waals surface area contributed by atoms with Gasteiger partial charge in [0.25, 0.3) is 5.56 Å². The van der Waals surface area contributed by atoms with Crippen molar-refractivity contribution in [3.63, 3.8) is 0 Å². The lowest BCUT2D eigenvalue weighted by atomic mass is 10.1. The van der Waals surface area contributed by atoms with Gasteiger partial charge in [0.15, 0.2) is 0 Å². The Morgan fingerprint density at radius 2 is 1.79 bits per heavy atom. The number of aromatic nitrogens is 2. The second-order valence-corrected chi connectivity index (χ2v) is 6.80. The molecule has 6 nitrogen and oxygen atoms in total. The number of benzene rings is 2. The number of aryl methyl sites for hydroxylation is 2. The van der Waals surface area contributed by atoms with Crippen molar-refractivity contribution in [2.24, 2.45) is 5.10 Å². The molecule has 29 heavy (non-hydrogen) atoms. The van der Waals surface area contributed by atoms with E-state index in [1.54, 1.807) is 42.6 Å². The smallest absolute Gasteiger partial charge is 0.267 e. The van der Waals surface area contributed by atoms with Gasteiger partial charge in [-0.3, -0.25) is 10.2 Å². The number of anilines is 1. The average molecular weight is 384 g/mol. The topological polar surface area (TPSA) is 79.5 Å². The lowest BCUT2D eigenvalue weighted by Crippen LogP contribution is -2.21. The van der Waals surface area contributed by atoms with Crippen LogP contribution in [0.5, 0.6) is 5.88 Å². The van der Waals surface area contributed by atoms with Gasteiger partial charge >= 0.3 is 0 Å². The summed E-state index contributed by atoms with van der Waals surface area (Å²) in [6, 6.07) is 18.4. The molecule has 0 amide bonds. The van der Waals surface area contributed by atoms with Crippen molar-refractivity contribution in [2.45, 2.75) is 13.8 Å². The van der Waals surface area contributed by atoms with Gasteiger partial charge in [-0.05, 0) is 49.2 Å². The van der Waals surface area contributed by atoms with Crippen LogP contribution in [0.2, 0.25) is 0 Å². The fourth-order valence-corrected chi connectivity index (χ4v) is 3.21. The number of pyridine rings is 2. The molecule has 0 atom stereocenters. The van der Waals surface area contributed by atoms with Gasteiger partial charge in [0.1, 0.15) is 5.82 Å². The number of aromatic hydroxyl groups is 1. The molecule has 2 aromatic heterocycles. The van der Waals surface area contributed by atoms with Crippen LogP contribution < -0.4 is 11.0 Å². The number of nitrogens with one attached hydrogen (secondary N) is 1. The Balaban J connectivity index is 1.85. The van der Waals surface area contributed by atoms with E-state index in [9.17, 15) is 9.90 Å². The first-order chi connectivity index (χ1) is 14.1. The summed E-state index contributed by atoms with van der Waals surface area (Å²) in [6.45, 7) is 4.00. The number of hydrogen-bond donors (Lipinski definition) is 2. The van der Waals surface area contributed by atoms with Crippen molar-refractivity contribution in [1.82, 2.24) is 9.55 Å². The van der Waals surface area contributed by atoms with E-state index in [1.807, 2.05) is 38.1 Å². The molecule has 0 aliphatic rings. The van der Waals surface area contributed by atoms with Gasteiger partial charge in [-0.25, -0.2) is 9.55 Å². The van der Waals surface area contributed by atoms with Crippen LogP contribution in [0.4, 0.5) is 5.69 Å². The molecular formula is C23H20N4O2. The van der Waals surface area contributed by atoms with Crippen LogP contribution in [0.25, 0.3) is 16.6 Å². The largest absolute Gasteiger partial charge is 0.494 e. The summed E-state index contributed by atoms with van der Waals surface area (Å²) >= 11 is 0. The maximum Gasteiger partial charge on any atom is 0.267 e. The Morgan fingerprint density at radius 3 is 2.55 bits per heavy atom. The molecule has 0 radical (unpaired) electrons. The quantitative estimate of drug-likeness (QED) is 0.409. The minimum atomic E-state index is -0.337. The first kappa shape index (κ1) is 18.4. The maximum atomic E-state index is 13.0. The summed E-state index contributed by atoms with van der Waals surface area (Å²) in [4.78, 5) is 17.2. The lowest BCUT2D eigenvalue weighted by Gasteiger charge is -2.13. The SMILES string of the molecule is Cc1ccc(C)c(N/N=C/c2c(O)n(-c3ccccn3)c(=O)c3ccccc23)c1. The van der Waals surface area contributed by atoms with Gasteiger partial charge < -0.3 is 5.11 Å². The predicted molar refractivity (Wildman–Crippen MR) is 116 cm³/mol. The molecule has 4 aromatic rings. The van der Waals surface area contributed by atoms with Crippen molar-refractivity contribution in [3.8, 4) is 11.7 Å². The second-order valence-electron chi connectivity index (χ2n) is 6.80. The summed E-state index contributed by atoms with van der Waals surface area (Å²) in [5.41, 5.74) is 6.17. The number of rotatable bonds is 4. The van der Waals surface area contributed by atoms with Crippen LogP contribution in [0.3, 0.4) is 0 Å². The highest BCUT2D eigenvalue weighted by atomic mass is 16.3. The van der Waals surface area contributed by atoms with E-state index in [4.69, 9.17) is 0 Å². The molecule has 0 fully saturated rings. The minimum Gasteiger partial charge on any atom is -0.494 e. The molecule has 0 spiro atoms. The van der Waals surface area contributed by atoms with E-state index in [0.717, 1.165) is 16.8 Å². The Kier molecular flexibility index (Phi) is 4.83. The average Bonchev–Trinajstić information content (AvgIpc) is 2.74. The highest BCUT2D eigenvalue weighted by molar-refractivity contribution is 6.01. The first-order valence-electron chi connectivity index (χ1n) is 9.20. The van der Waals surface area contributed by atoms with Crippen molar-refractivity contribution in [3.05, 3.63) is 93.9 Å². The summed E-state index contributed by atoms with van der Waals surface area (Å²) in [5.74, 6) is 0.136. The second kappa shape index (κ2) is 7.59. The molecular weight excluding hydrogens is 364 g/mol. The number of fused-ring (bicyclic) bond motifs is 1. The maximum absolute atomic E-state index is 13.0. The molecule has 2 heterocycles. The third kappa shape index (κ3) is 3.48. The summed E-state index contributed by atoms with van der Waals surface area (Å²) in [5, 5.41) is 16.3. The van der Waals surface area contributed by atoms with Crippen molar-refractivity contribution in [2.75, 3.05) is 5.43 Å². The zero-order valence-corrected chi connectivity index (χ0v) is 16.1. The first-order valence-corrected chi connectivity index (χ1v) is 9.20. The molecule has 0 unspecified atom stereocenters. The van der Waals surface area contributed by atoms with Gasteiger partial charge in [0.05, 0.1) is 17.5 Å². The molecule has 0 aliphatic carbocycles. The van der Waals surface area contributed by atoms with Gasteiger partial charge in [-0.2, -0.15) is 5.10 Å². The molecule has 0 saturated carbocycles. The Bertz CT molecular complexity index is 1280. The fraction of sp³-hybridized carbons (Fsp3) is 0.0870. The Hall–Kier alpha value is -3.93. The molecule has 2 aromatic carbocycles. The number of hydrazone groups is 1. The van der Waals surface area contributed by atoms with E-state index in [2.05, 4.69) is 15.5 Å². The molecule has 4 rings (SSSR count). The normalized spacial score (nSPS) is 11.2. The highest BCUT2D eigenvalue weighted by Gasteiger charge is 2.16. The number of hydrogen-bond acceptors (Lipinski definition) is 5.